The molecule has 2 aromatic carbocycles. The molecule has 3 aromatic rings. The van der Waals surface area contributed by atoms with Gasteiger partial charge in [0.1, 0.15) is 17.0 Å². The quantitative estimate of drug-likeness (QED) is 0.463. The van der Waals surface area contributed by atoms with Gasteiger partial charge in [-0.1, -0.05) is 35.6 Å². The van der Waals surface area contributed by atoms with E-state index in [2.05, 4.69) is 4.90 Å². The van der Waals surface area contributed by atoms with E-state index in [4.69, 9.17) is 19.2 Å². The average Bonchev–Trinajstić information content (AvgIpc) is 3.27. The van der Waals surface area contributed by atoms with E-state index in [1.165, 1.54) is 11.3 Å². The number of rotatable bonds is 10. The van der Waals surface area contributed by atoms with Crippen LogP contribution >= 0.6 is 11.3 Å². The molecule has 0 N–H and O–H groups in total. The molecule has 1 fully saturated rings. The van der Waals surface area contributed by atoms with Crippen molar-refractivity contribution < 1.29 is 19.0 Å². The maximum absolute atomic E-state index is 13.2. The van der Waals surface area contributed by atoms with Gasteiger partial charge in [-0.05, 0) is 37.6 Å². The number of hydrogen-bond acceptors (Lipinski definition) is 7. The van der Waals surface area contributed by atoms with Crippen molar-refractivity contribution in [2.45, 2.75) is 13.3 Å². The first-order valence-electron chi connectivity index (χ1n) is 11.1. The lowest BCUT2D eigenvalue weighted by molar-refractivity contribution is -0.120. The summed E-state index contributed by atoms with van der Waals surface area (Å²) in [5.74, 6) is 1.32. The van der Waals surface area contributed by atoms with E-state index < -0.39 is 0 Å². The second-order valence-electron chi connectivity index (χ2n) is 7.49. The molecule has 7 nitrogen and oxygen atoms in total. The summed E-state index contributed by atoms with van der Waals surface area (Å²) in [5, 5.41) is 0.677. The number of carbonyl (C=O) groups is 1. The van der Waals surface area contributed by atoms with E-state index in [0.717, 1.165) is 55.2 Å². The van der Waals surface area contributed by atoms with Crippen LogP contribution in [0.1, 0.15) is 13.3 Å². The van der Waals surface area contributed by atoms with Crippen LogP contribution in [-0.2, 0) is 9.53 Å². The molecule has 0 saturated carbocycles. The summed E-state index contributed by atoms with van der Waals surface area (Å²) >= 11 is 1.51. The number of amides is 1. The smallest absolute Gasteiger partial charge is 0.266 e. The molecule has 8 heteroatoms. The molecule has 0 aliphatic carbocycles. The van der Waals surface area contributed by atoms with Gasteiger partial charge in [0, 0.05) is 26.2 Å². The van der Waals surface area contributed by atoms with E-state index in [1.54, 1.807) is 4.90 Å². The Labute approximate surface area is 192 Å². The molecule has 2 heterocycles. The van der Waals surface area contributed by atoms with Crippen molar-refractivity contribution in [1.29, 1.82) is 0 Å². The minimum Gasteiger partial charge on any atom is -0.492 e. The Morgan fingerprint density at radius 1 is 1.12 bits per heavy atom. The maximum atomic E-state index is 13.2. The van der Waals surface area contributed by atoms with E-state index >= 15 is 0 Å². The predicted molar refractivity (Wildman–Crippen MR) is 127 cm³/mol. The molecule has 0 spiro atoms. The average molecular weight is 456 g/mol. The van der Waals surface area contributed by atoms with E-state index in [1.807, 2.05) is 55.5 Å². The van der Waals surface area contributed by atoms with Gasteiger partial charge in [-0.2, -0.15) is 0 Å². The molecule has 1 amide bonds. The maximum Gasteiger partial charge on any atom is 0.266 e. The lowest BCUT2D eigenvalue weighted by Gasteiger charge is -2.27. The van der Waals surface area contributed by atoms with Crippen molar-refractivity contribution in [2.75, 3.05) is 57.5 Å². The second-order valence-corrected chi connectivity index (χ2v) is 8.50. The van der Waals surface area contributed by atoms with Crippen LogP contribution in [0, 0.1) is 0 Å². The van der Waals surface area contributed by atoms with Crippen molar-refractivity contribution in [1.82, 2.24) is 9.88 Å². The summed E-state index contributed by atoms with van der Waals surface area (Å²) in [6.07, 6.45) is 0.852. The summed E-state index contributed by atoms with van der Waals surface area (Å²) in [6, 6.07) is 15.3. The summed E-state index contributed by atoms with van der Waals surface area (Å²) in [7, 11) is 0. The van der Waals surface area contributed by atoms with Gasteiger partial charge in [-0.3, -0.25) is 14.6 Å². The van der Waals surface area contributed by atoms with Crippen molar-refractivity contribution in [3.63, 3.8) is 0 Å². The second kappa shape index (κ2) is 11.3. The van der Waals surface area contributed by atoms with Gasteiger partial charge in [0.05, 0.1) is 24.5 Å². The third kappa shape index (κ3) is 5.76. The van der Waals surface area contributed by atoms with Crippen LogP contribution in [0.2, 0.25) is 0 Å². The first kappa shape index (κ1) is 22.5. The van der Waals surface area contributed by atoms with Gasteiger partial charge < -0.3 is 14.2 Å². The Morgan fingerprint density at radius 2 is 1.94 bits per heavy atom. The molecule has 4 rings (SSSR count). The third-order valence-corrected chi connectivity index (χ3v) is 6.31. The largest absolute Gasteiger partial charge is 0.492 e. The molecule has 1 aromatic heterocycles. The number of nitrogens with zero attached hydrogens (tertiary/aromatic N) is 3. The van der Waals surface area contributed by atoms with E-state index in [9.17, 15) is 4.79 Å². The number of anilines is 1. The molecular formula is C24H29N3O4S. The number of aromatic nitrogens is 1. The highest BCUT2D eigenvalue weighted by Gasteiger charge is 2.22. The molecule has 0 radical (unpaired) electrons. The Balaban J connectivity index is 1.50. The van der Waals surface area contributed by atoms with Gasteiger partial charge in [0.25, 0.3) is 5.91 Å². The minimum absolute atomic E-state index is 0.0319. The number of fused-ring (bicyclic) bond motifs is 1. The van der Waals surface area contributed by atoms with Crippen molar-refractivity contribution in [3.05, 3.63) is 48.5 Å². The summed E-state index contributed by atoms with van der Waals surface area (Å²) in [5.41, 5.74) is 0.796. The van der Waals surface area contributed by atoms with Crippen molar-refractivity contribution in [2.24, 2.45) is 0 Å². The van der Waals surface area contributed by atoms with Crippen LogP contribution in [0.4, 0.5) is 5.13 Å². The number of thiazole rings is 1. The Morgan fingerprint density at radius 3 is 2.72 bits per heavy atom. The van der Waals surface area contributed by atoms with Crippen molar-refractivity contribution in [3.8, 4) is 11.5 Å². The Hall–Kier alpha value is -2.68. The molecule has 1 saturated heterocycles. The first-order chi connectivity index (χ1) is 15.7. The molecule has 32 heavy (non-hydrogen) atoms. The number of ether oxygens (including phenoxy) is 3. The molecule has 1 aliphatic heterocycles. The highest BCUT2D eigenvalue weighted by Crippen LogP contribution is 2.34. The van der Waals surface area contributed by atoms with Crippen LogP contribution in [0.3, 0.4) is 0 Å². The van der Waals surface area contributed by atoms with Gasteiger partial charge in [-0.15, -0.1) is 0 Å². The molecule has 0 bridgehead atoms. The van der Waals surface area contributed by atoms with Gasteiger partial charge >= 0.3 is 0 Å². The zero-order valence-electron chi connectivity index (χ0n) is 18.4. The molecule has 1 aliphatic rings. The Kier molecular flexibility index (Phi) is 7.92. The van der Waals surface area contributed by atoms with Crippen molar-refractivity contribution >= 4 is 32.6 Å². The normalized spacial score (nSPS) is 14.4. The first-order valence-corrected chi connectivity index (χ1v) is 11.9. The lowest BCUT2D eigenvalue weighted by Crippen LogP contribution is -2.40. The fourth-order valence-corrected chi connectivity index (χ4v) is 4.67. The van der Waals surface area contributed by atoms with Gasteiger partial charge in [0.2, 0.25) is 0 Å². The fraction of sp³-hybridized carbons (Fsp3) is 0.417. The van der Waals surface area contributed by atoms with Gasteiger partial charge in [-0.25, -0.2) is 4.98 Å². The minimum atomic E-state index is -0.104. The van der Waals surface area contributed by atoms with Crippen LogP contribution in [0.15, 0.2) is 48.5 Å². The zero-order valence-corrected chi connectivity index (χ0v) is 19.2. The molecular weight excluding hydrogens is 426 g/mol. The number of morpholine rings is 1. The zero-order chi connectivity index (χ0) is 22.2. The lowest BCUT2D eigenvalue weighted by atomic mass is 10.3. The van der Waals surface area contributed by atoms with Crippen LogP contribution < -0.4 is 14.4 Å². The van der Waals surface area contributed by atoms with E-state index in [-0.39, 0.29) is 12.5 Å². The number of benzene rings is 2. The number of carbonyl (C=O) groups excluding carboxylic acids is 1. The molecule has 170 valence electrons. The predicted octanol–water partition coefficient (Wildman–Crippen LogP) is 3.83. The highest BCUT2D eigenvalue weighted by atomic mass is 32.1. The topological polar surface area (TPSA) is 64.1 Å². The fourth-order valence-electron chi connectivity index (χ4n) is 3.64. The molecule has 0 unspecified atom stereocenters. The summed E-state index contributed by atoms with van der Waals surface area (Å²) in [6.45, 7) is 7.40. The highest BCUT2D eigenvalue weighted by molar-refractivity contribution is 7.22. The number of hydrogen-bond donors (Lipinski definition) is 0. The SMILES string of the molecule is CCOc1cccc2sc(N(CCCN3CCOCC3)C(=O)COc3ccccc3)nc12. The summed E-state index contributed by atoms with van der Waals surface area (Å²) in [4.78, 5) is 22.1. The summed E-state index contributed by atoms with van der Waals surface area (Å²) < 4.78 is 17.9. The number of para-hydroxylation sites is 2. The van der Waals surface area contributed by atoms with Crippen LogP contribution in [-0.4, -0.2) is 68.4 Å². The van der Waals surface area contributed by atoms with Crippen LogP contribution in [0.5, 0.6) is 11.5 Å². The van der Waals surface area contributed by atoms with Crippen LogP contribution in [0.25, 0.3) is 10.2 Å². The third-order valence-electron chi connectivity index (χ3n) is 5.27. The standard InChI is InChI=1S/C24H29N3O4S/c1-2-30-20-10-6-11-21-23(20)25-24(32-21)27(13-7-12-26-14-16-29-17-15-26)22(28)18-31-19-8-4-3-5-9-19/h3-6,8-11H,2,7,12-18H2,1H3. The monoisotopic (exact) mass is 455 g/mol. The van der Waals surface area contributed by atoms with Gasteiger partial charge in [0.15, 0.2) is 11.7 Å². The Bertz CT molecular complexity index is 1000. The molecule has 0 atom stereocenters. The van der Waals surface area contributed by atoms with E-state index in [0.29, 0.717) is 24.0 Å².